The Kier molecular flexibility index (Phi) is 3.96. The molecule has 1 aromatic rings. The zero-order valence-electron chi connectivity index (χ0n) is 10.6. The average Bonchev–Trinajstić information content (AvgIpc) is 2.85. The van der Waals surface area contributed by atoms with Crippen molar-refractivity contribution in [2.45, 2.75) is 39.2 Å². The predicted molar refractivity (Wildman–Crippen MR) is 70.7 cm³/mol. The summed E-state index contributed by atoms with van der Waals surface area (Å²) >= 11 is 1.43. The Hall–Kier alpha value is -1.43. The Balaban J connectivity index is 1.98. The van der Waals surface area contributed by atoms with Gasteiger partial charge in [-0.3, -0.25) is 14.5 Å². The molecular formula is C12H17N3O2S. The highest BCUT2D eigenvalue weighted by Crippen LogP contribution is 2.25. The molecule has 6 heteroatoms. The van der Waals surface area contributed by atoms with E-state index in [9.17, 15) is 9.59 Å². The first-order valence-corrected chi connectivity index (χ1v) is 6.98. The van der Waals surface area contributed by atoms with E-state index in [1.54, 1.807) is 4.90 Å². The first-order chi connectivity index (χ1) is 8.56. The average molecular weight is 267 g/mol. The third-order valence-corrected chi connectivity index (χ3v) is 3.55. The number of aromatic nitrogens is 1. The van der Waals surface area contributed by atoms with Crippen LogP contribution in [0.1, 0.15) is 32.4 Å². The van der Waals surface area contributed by atoms with Crippen molar-refractivity contribution < 1.29 is 9.59 Å². The summed E-state index contributed by atoms with van der Waals surface area (Å²) in [5.74, 6) is 0.0946. The second-order valence-electron chi connectivity index (χ2n) is 4.67. The fourth-order valence-electron chi connectivity index (χ4n) is 1.89. The highest BCUT2D eigenvalue weighted by Gasteiger charge is 2.24. The first-order valence-electron chi connectivity index (χ1n) is 6.10. The van der Waals surface area contributed by atoms with Gasteiger partial charge in [0.25, 0.3) is 0 Å². The molecule has 1 N–H and O–H groups in total. The minimum absolute atomic E-state index is 0.0328. The molecule has 18 heavy (non-hydrogen) atoms. The van der Waals surface area contributed by atoms with Gasteiger partial charge in [0.05, 0.1) is 12.1 Å². The molecule has 1 aromatic heterocycles. The molecule has 0 aliphatic carbocycles. The van der Waals surface area contributed by atoms with E-state index in [0.29, 0.717) is 11.6 Å². The summed E-state index contributed by atoms with van der Waals surface area (Å²) in [5, 5.41) is 5.38. The van der Waals surface area contributed by atoms with E-state index in [1.807, 2.05) is 19.2 Å². The van der Waals surface area contributed by atoms with Crippen molar-refractivity contribution in [2.75, 3.05) is 11.4 Å². The van der Waals surface area contributed by atoms with E-state index in [2.05, 4.69) is 10.3 Å². The largest absolute Gasteiger partial charge is 0.354 e. The maximum absolute atomic E-state index is 11.6. The van der Waals surface area contributed by atoms with E-state index in [0.717, 1.165) is 18.7 Å². The van der Waals surface area contributed by atoms with E-state index in [1.165, 1.54) is 11.3 Å². The lowest BCUT2D eigenvalue weighted by molar-refractivity contribution is -0.121. The number of anilines is 1. The van der Waals surface area contributed by atoms with E-state index < -0.39 is 0 Å². The van der Waals surface area contributed by atoms with Crippen LogP contribution in [-0.2, 0) is 16.0 Å². The summed E-state index contributed by atoms with van der Waals surface area (Å²) in [5.41, 5.74) is 0.729. The summed E-state index contributed by atoms with van der Waals surface area (Å²) in [4.78, 5) is 29.2. The van der Waals surface area contributed by atoms with Crippen molar-refractivity contribution in [3.8, 4) is 0 Å². The minimum Gasteiger partial charge on any atom is -0.354 e. The van der Waals surface area contributed by atoms with Crippen LogP contribution in [0.4, 0.5) is 5.13 Å². The molecule has 0 spiro atoms. The van der Waals surface area contributed by atoms with Crippen molar-refractivity contribution >= 4 is 28.3 Å². The van der Waals surface area contributed by atoms with Crippen LogP contribution in [-0.4, -0.2) is 29.4 Å². The fourth-order valence-corrected chi connectivity index (χ4v) is 2.76. The molecule has 0 unspecified atom stereocenters. The molecule has 1 saturated heterocycles. The molecule has 0 atom stereocenters. The number of amides is 2. The Morgan fingerprint density at radius 1 is 1.61 bits per heavy atom. The fraction of sp³-hybridized carbons (Fsp3) is 0.583. The van der Waals surface area contributed by atoms with Crippen LogP contribution in [0.2, 0.25) is 0 Å². The summed E-state index contributed by atoms with van der Waals surface area (Å²) < 4.78 is 0. The number of carbonyl (C=O) groups excluding carboxylic acids is 2. The van der Waals surface area contributed by atoms with Gasteiger partial charge in [0.15, 0.2) is 5.13 Å². The Morgan fingerprint density at radius 2 is 2.39 bits per heavy atom. The molecule has 1 aliphatic heterocycles. The lowest BCUT2D eigenvalue weighted by Gasteiger charge is -2.10. The predicted octanol–water partition coefficient (Wildman–Crippen LogP) is 1.34. The monoisotopic (exact) mass is 267 g/mol. The van der Waals surface area contributed by atoms with Crippen molar-refractivity contribution in [1.82, 2.24) is 10.3 Å². The first kappa shape index (κ1) is 13.0. The maximum atomic E-state index is 11.6. The van der Waals surface area contributed by atoms with Gasteiger partial charge in [-0.2, -0.15) is 0 Å². The van der Waals surface area contributed by atoms with Gasteiger partial charge in [0.2, 0.25) is 11.8 Å². The Labute approximate surface area is 110 Å². The Bertz CT molecular complexity index is 456. The van der Waals surface area contributed by atoms with Gasteiger partial charge in [-0.1, -0.05) is 0 Å². The lowest BCUT2D eigenvalue weighted by Crippen LogP contribution is -2.31. The molecule has 0 bridgehead atoms. The number of thiazole rings is 1. The Morgan fingerprint density at radius 3 is 3.00 bits per heavy atom. The van der Waals surface area contributed by atoms with Crippen LogP contribution in [0.15, 0.2) is 5.38 Å². The quantitative estimate of drug-likeness (QED) is 0.895. The van der Waals surface area contributed by atoms with Crippen LogP contribution < -0.4 is 10.2 Å². The van der Waals surface area contributed by atoms with E-state index >= 15 is 0 Å². The summed E-state index contributed by atoms with van der Waals surface area (Å²) in [6.45, 7) is 4.59. The van der Waals surface area contributed by atoms with Crippen LogP contribution in [0.25, 0.3) is 0 Å². The standard InChI is InChI=1S/C12H17N3O2S/c1-8(2)13-10(16)6-9-7-18-12(14-9)15-5-3-4-11(15)17/h7-8H,3-6H2,1-2H3,(H,13,16). The number of rotatable bonds is 4. The number of nitrogens with zero attached hydrogens (tertiary/aromatic N) is 2. The molecule has 5 nitrogen and oxygen atoms in total. The van der Waals surface area contributed by atoms with Crippen molar-refractivity contribution in [1.29, 1.82) is 0 Å². The van der Waals surface area contributed by atoms with Crippen molar-refractivity contribution in [3.05, 3.63) is 11.1 Å². The molecule has 2 amide bonds. The lowest BCUT2D eigenvalue weighted by atomic mass is 10.3. The molecule has 1 fully saturated rings. The van der Waals surface area contributed by atoms with Gasteiger partial charge in [-0.15, -0.1) is 11.3 Å². The van der Waals surface area contributed by atoms with Crippen LogP contribution in [0.3, 0.4) is 0 Å². The maximum Gasteiger partial charge on any atom is 0.228 e. The van der Waals surface area contributed by atoms with Crippen molar-refractivity contribution in [2.24, 2.45) is 0 Å². The number of carbonyl (C=O) groups is 2. The molecule has 2 rings (SSSR count). The zero-order chi connectivity index (χ0) is 13.1. The molecular weight excluding hydrogens is 250 g/mol. The second-order valence-corrected chi connectivity index (χ2v) is 5.51. The molecule has 0 radical (unpaired) electrons. The van der Waals surface area contributed by atoms with Gasteiger partial charge in [0, 0.05) is 24.4 Å². The second kappa shape index (κ2) is 5.48. The summed E-state index contributed by atoms with van der Waals surface area (Å²) in [6, 6.07) is 0.135. The minimum atomic E-state index is -0.0328. The highest BCUT2D eigenvalue weighted by molar-refractivity contribution is 7.14. The third-order valence-electron chi connectivity index (χ3n) is 2.64. The third kappa shape index (κ3) is 3.07. The highest BCUT2D eigenvalue weighted by atomic mass is 32.1. The van der Waals surface area contributed by atoms with Gasteiger partial charge in [-0.05, 0) is 20.3 Å². The van der Waals surface area contributed by atoms with Gasteiger partial charge in [-0.25, -0.2) is 4.98 Å². The summed E-state index contributed by atoms with van der Waals surface area (Å²) in [6.07, 6.45) is 1.76. The molecule has 1 aliphatic rings. The van der Waals surface area contributed by atoms with Crippen LogP contribution in [0, 0.1) is 0 Å². The topological polar surface area (TPSA) is 62.3 Å². The zero-order valence-corrected chi connectivity index (χ0v) is 11.4. The van der Waals surface area contributed by atoms with Gasteiger partial charge in [0.1, 0.15) is 0 Å². The van der Waals surface area contributed by atoms with Crippen LogP contribution in [0.5, 0.6) is 0 Å². The van der Waals surface area contributed by atoms with Gasteiger partial charge >= 0.3 is 0 Å². The van der Waals surface area contributed by atoms with Gasteiger partial charge < -0.3 is 5.32 Å². The van der Waals surface area contributed by atoms with Crippen LogP contribution >= 0.6 is 11.3 Å². The molecule has 2 heterocycles. The normalized spacial score (nSPS) is 15.5. The molecule has 98 valence electrons. The summed E-state index contributed by atoms with van der Waals surface area (Å²) in [7, 11) is 0. The smallest absolute Gasteiger partial charge is 0.228 e. The number of hydrogen-bond donors (Lipinski definition) is 1. The molecule has 0 aromatic carbocycles. The van der Waals surface area contributed by atoms with Crippen molar-refractivity contribution in [3.63, 3.8) is 0 Å². The van der Waals surface area contributed by atoms with E-state index in [4.69, 9.17) is 0 Å². The number of hydrogen-bond acceptors (Lipinski definition) is 4. The SMILES string of the molecule is CC(C)NC(=O)Cc1csc(N2CCCC2=O)n1. The van der Waals surface area contributed by atoms with E-state index in [-0.39, 0.29) is 24.3 Å². The number of nitrogens with one attached hydrogen (secondary N) is 1. The molecule has 0 saturated carbocycles.